The fourth-order valence-electron chi connectivity index (χ4n) is 3.63. The van der Waals surface area contributed by atoms with E-state index in [2.05, 4.69) is 21.3 Å². The van der Waals surface area contributed by atoms with Gasteiger partial charge in [0, 0.05) is 0 Å². The molecule has 0 aliphatic carbocycles. The Labute approximate surface area is 265 Å². The van der Waals surface area contributed by atoms with Gasteiger partial charge in [-0.2, -0.15) is 0 Å². The molecule has 0 saturated heterocycles. The summed E-state index contributed by atoms with van der Waals surface area (Å²) in [5, 5.41) is 13.1. The van der Waals surface area contributed by atoms with Gasteiger partial charge in [0.05, 0.1) is 0 Å². The van der Waals surface area contributed by atoms with Crippen LogP contribution in [0.1, 0.15) is 20.7 Å². The third-order valence-corrected chi connectivity index (χ3v) is 13.1. The van der Waals surface area contributed by atoms with Crippen molar-refractivity contribution < 1.29 is 19.1 Å². The number of methoxy groups -OCH3 is 2. The average molecular weight is 729 g/mol. The van der Waals surface area contributed by atoms with Gasteiger partial charge in [0.2, 0.25) is 0 Å². The number of hydrogen-bond acceptors (Lipinski definition) is 6. The van der Waals surface area contributed by atoms with E-state index in [4.69, 9.17) is 33.9 Å². The van der Waals surface area contributed by atoms with E-state index in [1.807, 2.05) is 97.1 Å². The van der Waals surface area contributed by atoms with Crippen LogP contribution < -0.4 is 30.2 Å². The summed E-state index contributed by atoms with van der Waals surface area (Å²) in [5.74, 6) is -0.928. The van der Waals surface area contributed by atoms with Crippen molar-refractivity contribution in [3.63, 3.8) is 0 Å². The van der Waals surface area contributed by atoms with E-state index in [1.165, 1.54) is 14.2 Å². The molecule has 214 valence electrons. The SMILES string of the molecule is COC(=O)c1cc([Se][Se]c2ccc(NC(=S)Nc3ccccc3)c(C(=O)OC)c2)ccc1NC(=S)Nc1ccccc1. The van der Waals surface area contributed by atoms with Gasteiger partial charge in [-0.3, -0.25) is 0 Å². The summed E-state index contributed by atoms with van der Waals surface area (Å²) < 4.78 is 12.1. The molecule has 0 heterocycles. The first-order valence-corrected chi connectivity index (χ1v) is 19.3. The molecule has 4 rings (SSSR count). The standard InChI is InChI=1S/C30H26N4O4S2Se2/c1-37-27(35)23-17-21(13-15-25(23)33-29(39)31-19-9-5-3-6-10-19)41-42-22-14-16-26(24(18-22)28(36)38-2)34-30(40)32-20-11-7-4-8-12-20/h3-18H,1-2H3,(H2,31,33,39)(H2,32,34,40). The van der Waals surface area contributed by atoms with Gasteiger partial charge in [-0.15, -0.1) is 0 Å². The van der Waals surface area contributed by atoms with E-state index in [-0.39, 0.29) is 26.3 Å². The molecule has 42 heavy (non-hydrogen) atoms. The van der Waals surface area contributed by atoms with Crippen LogP contribution >= 0.6 is 24.4 Å². The van der Waals surface area contributed by atoms with Crippen LogP contribution in [0.3, 0.4) is 0 Å². The van der Waals surface area contributed by atoms with Gasteiger partial charge in [-0.1, -0.05) is 0 Å². The van der Waals surface area contributed by atoms with Crippen molar-refractivity contribution >= 4 is 105 Å². The van der Waals surface area contributed by atoms with Gasteiger partial charge in [-0.05, 0) is 0 Å². The van der Waals surface area contributed by atoms with Gasteiger partial charge >= 0.3 is 267 Å². The fraction of sp³-hybridized carbons (Fsp3) is 0.0667. The predicted octanol–water partition coefficient (Wildman–Crippen LogP) is 4.15. The van der Waals surface area contributed by atoms with E-state index in [0.29, 0.717) is 32.7 Å². The minimum atomic E-state index is -0.464. The molecule has 0 fully saturated rings. The van der Waals surface area contributed by atoms with Gasteiger partial charge in [0.15, 0.2) is 0 Å². The van der Waals surface area contributed by atoms with Crippen molar-refractivity contribution in [2.24, 2.45) is 0 Å². The monoisotopic (exact) mass is 730 g/mol. The summed E-state index contributed by atoms with van der Waals surface area (Å²) in [6, 6.07) is 30.3. The third-order valence-electron chi connectivity index (χ3n) is 5.59. The summed E-state index contributed by atoms with van der Waals surface area (Å²) in [5.41, 5.74) is 3.54. The van der Waals surface area contributed by atoms with Crippen molar-refractivity contribution in [3.05, 3.63) is 108 Å². The van der Waals surface area contributed by atoms with Crippen molar-refractivity contribution in [1.82, 2.24) is 0 Å². The van der Waals surface area contributed by atoms with Crippen LogP contribution in [0.4, 0.5) is 22.7 Å². The van der Waals surface area contributed by atoms with Gasteiger partial charge in [-0.25, -0.2) is 0 Å². The molecular formula is C30H26N4O4S2Se2. The molecule has 0 bridgehead atoms. The van der Waals surface area contributed by atoms with Crippen LogP contribution in [-0.2, 0) is 9.47 Å². The first-order valence-electron chi connectivity index (χ1n) is 12.4. The molecule has 0 radical (unpaired) electrons. The predicted molar refractivity (Wildman–Crippen MR) is 179 cm³/mol. The van der Waals surface area contributed by atoms with Crippen molar-refractivity contribution in [3.8, 4) is 0 Å². The molecule has 8 nitrogen and oxygen atoms in total. The Morgan fingerprint density at radius 1 is 0.571 bits per heavy atom. The number of para-hydroxylation sites is 2. The molecule has 0 saturated carbocycles. The minimum absolute atomic E-state index is 0.00357. The quantitative estimate of drug-likeness (QED) is 0.114. The molecule has 0 unspecified atom stereocenters. The van der Waals surface area contributed by atoms with Crippen molar-refractivity contribution in [2.45, 2.75) is 0 Å². The Kier molecular flexibility index (Phi) is 11.5. The van der Waals surface area contributed by atoms with Crippen LogP contribution in [0.2, 0.25) is 0 Å². The van der Waals surface area contributed by atoms with Gasteiger partial charge in [0.1, 0.15) is 0 Å². The first-order chi connectivity index (χ1) is 20.4. The average Bonchev–Trinajstić information content (AvgIpc) is 3.01. The molecule has 0 atom stereocenters. The Morgan fingerprint density at radius 2 is 0.952 bits per heavy atom. The first kappa shape index (κ1) is 31.2. The zero-order chi connectivity index (χ0) is 29.9. The number of nitrogens with one attached hydrogen (secondary N) is 4. The zero-order valence-corrected chi connectivity index (χ0v) is 27.6. The Morgan fingerprint density at radius 3 is 1.31 bits per heavy atom. The maximum atomic E-state index is 12.6. The van der Waals surface area contributed by atoms with Gasteiger partial charge < -0.3 is 0 Å². The Bertz CT molecular complexity index is 1470. The molecule has 12 heteroatoms. The normalized spacial score (nSPS) is 10.2. The summed E-state index contributed by atoms with van der Waals surface area (Å²) in [6.07, 6.45) is 0. The Balaban J connectivity index is 1.46. The van der Waals surface area contributed by atoms with Crippen LogP contribution in [0.15, 0.2) is 97.1 Å². The second-order valence-electron chi connectivity index (χ2n) is 8.45. The number of esters is 2. The third kappa shape index (κ3) is 8.87. The summed E-state index contributed by atoms with van der Waals surface area (Å²) >= 11 is 10.9. The van der Waals surface area contributed by atoms with E-state index in [1.54, 1.807) is 0 Å². The number of carbonyl (C=O) groups is 2. The molecule has 0 amide bonds. The topological polar surface area (TPSA) is 101 Å². The van der Waals surface area contributed by atoms with Crippen LogP contribution in [-0.4, -0.2) is 62.6 Å². The van der Waals surface area contributed by atoms with Crippen LogP contribution in [0.5, 0.6) is 0 Å². The Hall–Kier alpha value is -3.76. The van der Waals surface area contributed by atoms with Gasteiger partial charge in [0.25, 0.3) is 0 Å². The second kappa shape index (κ2) is 15.5. The maximum absolute atomic E-state index is 12.6. The summed E-state index contributed by atoms with van der Waals surface area (Å²) in [7, 11) is 2.69. The number of thiocarbonyl (C=S) groups is 2. The number of hydrogen-bond donors (Lipinski definition) is 4. The fourth-order valence-corrected chi connectivity index (χ4v) is 10.1. The number of rotatable bonds is 9. The zero-order valence-electron chi connectivity index (χ0n) is 22.5. The van der Waals surface area contributed by atoms with Crippen LogP contribution in [0, 0.1) is 0 Å². The molecule has 4 N–H and O–H groups in total. The molecular weight excluding hydrogens is 702 g/mol. The van der Waals surface area contributed by atoms with E-state index in [9.17, 15) is 9.59 Å². The molecule has 0 aromatic heterocycles. The second-order valence-corrected chi connectivity index (χ2v) is 15.6. The molecule has 0 aliphatic rings. The van der Waals surface area contributed by atoms with E-state index < -0.39 is 11.9 Å². The van der Waals surface area contributed by atoms with E-state index in [0.717, 1.165) is 20.3 Å². The number of anilines is 4. The summed E-state index contributed by atoms with van der Waals surface area (Å²) in [6.45, 7) is 0. The van der Waals surface area contributed by atoms with Crippen molar-refractivity contribution in [1.29, 1.82) is 0 Å². The molecule has 0 aliphatic heterocycles. The number of carbonyl (C=O) groups excluding carboxylic acids is 2. The molecule has 4 aromatic rings. The van der Waals surface area contributed by atoms with Crippen LogP contribution in [0.25, 0.3) is 0 Å². The number of benzene rings is 4. The van der Waals surface area contributed by atoms with Crippen molar-refractivity contribution in [2.75, 3.05) is 35.5 Å². The number of ether oxygens (including phenoxy) is 2. The molecule has 0 spiro atoms. The molecule has 4 aromatic carbocycles. The van der Waals surface area contributed by atoms with E-state index >= 15 is 0 Å². The summed E-state index contributed by atoms with van der Waals surface area (Å²) in [4.78, 5) is 25.2.